The molecule has 0 saturated carbocycles. The largest absolute Gasteiger partial charge is 0.497 e. The molecule has 1 heterocycles. The number of esters is 1. The highest BCUT2D eigenvalue weighted by atomic mass is 32.1. The maximum atomic E-state index is 11.9. The lowest BCUT2D eigenvalue weighted by Crippen LogP contribution is -2.08. The first kappa shape index (κ1) is 16.2. The third kappa shape index (κ3) is 4.20. The van der Waals surface area contributed by atoms with Gasteiger partial charge in [-0.25, -0.2) is 4.98 Å². The van der Waals surface area contributed by atoms with Crippen molar-refractivity contribution in [2.45, 2.75) is 13.0 Å². The molecule has 0 fully saturated rings. The van der Waals surface area contributed by atoms with E-state index >= 15 is 0 Å². The Labute approximate surface area is 144 Å². The van der Waals surface area contributed by atoms with Crippen LogP contribution in [0.25, 0.3) is 10.6 Å². The molecule has 2 aromatic carbocycles. The Morgan fingerprint density at radius 1 is 1.08 bits per heavy atom. The number of benzene rings is 2. The topological polar surface area (TPSA) is 48.4 Å². The van der Waals surface area contributed by atoms with E-state index < -0.39 is 0 Å². The zero-order valence-corrected chi connectivity index (χ0v) is 14.1. The van der Waals surface area contributed by atoms with E-state index in [-0.39, 0.29) is 19.0 Å². The molecule has 0 aliphatic carbocycles. The van der Waals surface area contributed by atoms with E-state index in [4.69, 9.17) is 9.47 Å². The van der Waals surface area contributed by atoms with Gasteiger partial charge in [-0.3, -0.25) is 4.79 Å². The van der Waals surface area contributed by atoms with Gasteiger partial charge in [0.1, 0.15) is 17.4 Å². The average Bonchev–Trinajstić information content (AvgIpc) is 3.10. The van der Waals surface area contributed by atoms with Gasteiger partial charge in [0, 0.05) is 10.9 Å². The molecule has 0 bridgehead atoms. The van der Waals surface area contributed by atoms with E-state index in [0.717, 1.165) is 27.6 Å². The Bertz CT molecular complexity index is 797. The molecule has 5 heteroatoms. The highest BCUT2D eigenvalue weighted by Crippen LogP contribution is 2.23. The van der Waals surface area contributed by atoms with Crippen molar-refractivity contribution < 1.29 is 14.3 Å². The van der Waals surface area contributed by atoms with E-state index in [1.807, 2.05) is 60.0 Å². The Morgan fingerprint density at radius 3 is 2.54 bits per heavy atom. The van der Waals surface area contributed by atoms with Gasteiger partial charge in [0.05, 0.1) is 19.2 Å². The van der Waals surface area contributed by atoms with E-state index in [1.54, 1.807) is 18.4 Å². The van der Waals surface area contributed by atoms with Crippen molar-refractivity contribution in [2.75, 3.05) is 7.11 Å². The van der Waals surface area contributed by atoms with Gasteiger partial charge in [0.2, 0.25) is 0 Å². The predicted octanol–water partition coefficient (Wildman–Crippen LogP) is 4.10. The Balaban J connectivity index is 1.53. The molecular formula is C19H17NO3S. The molecule has 1 aromatic heterocycles. The van der Waals surface area contributed by atoms with E-state index in [9.17, 15) is 4.79 Å². The molecule has 0 N–H and O–H groups in total. The van der Waals surface area contributed by atoms with Crippen LogP contribution in [-0.4, -0.2) is 18.1 Å². The van der Waals surface area contributed by atoms with Crippen LogP contribution in [-0.2, 0) is 22.6 Å². The summed E-state index contributed by atoms with van der Waals surface area (Å²) in [4.78, 5) is 16.4. The smallest absolute Gasteiger partial charge is 0.310 e. The number of rotatable bonds is 6. The SMILES string of the molecule is COc1ccc(CC(=O)OCc2csc(-c3ccccc3)n2)cc1. The fourth-order valence-electron chi connectivity index (χ4n) is 2.20. The number of carbonyl (C=O) groups is 1. The summed E-state index contributed by atoms with van der Waals surface area (Å²) in [5.41, 5.74) is 2.73. The summed E-state index contributed by atoms with van der Waals surface area (Å²) in [5, 5.41) is 2.85. The van der Waals surface area contributed by atoms with Gasteiger partial charge in [0.15, 0.2) is 0 Å². The van der Waals surface area contributed by atoms with Crippen LogP contribution in [0.5, 0.6) is 5.75 Å². The van der Waals surface area contributed by atoms with Crippen molar-refractivity contribution >= 4 is 17.3 Å². The van der Waals surface area contributed by atoms with E-state index in [0.29, 0.717) is 0 Å². The minimum absolute atomic E-state index is 0.193. The van der Waals surface area contributed by atoms with Gasteiger partial charge in [0.25, 0.3) is 0 Å². The highest BCUT2D eigenvalue weighted by molar-refractivity contribution is 7.13. The number of hydrogen-bond donors (Lipinski definition) is 0. The second-order valence-electron chi connectivity index (χ2n) is 5.20. The molecule has 0 unspecified atom stereocenters. The summed E-state index contributed by atoms with van der Waals surface area (Å²) in [5.74, 6) is 0.498. The molecule has 0 aliphatic rings. The van der Waals surface area contributed by atoms with Crippen LogP contribution in [0, 0.1) is 0 Å². The zero-order chi connectivity index (χ0) is 16.8. The average molecular weight is 339 g/mol. The number of aromatic nitrogens is 1. The van der Waals surface area contributed by atoms with Crippen molar-refractivity contribution in [3.05, 3.63) is 71.2 Å². The molecule has 0 amide bonds. The van der Waals surface area contributed by atoms with Crippen LogP contribution in [0.3, 0.4) is 0 Å². The van der Waals surface area contributed by atoms with Crippen molar-refractivity contribution in [1.82, 2.24) is 4.98 Å². The van der Waals surface area contributed by atoms with Crippen LogP contribution in [0.2, 0.25) is 0 Å². The molecular weight excluding hydrogens is 322 g/mol. The first-order valence-corrected chi connectivity index (χ1v) is 8.41. The number of nitrogens with zero attached hydrogens (tertiary/aromatic N) is 1. The molecule has 0 atom stereocenters. The van der Waals surface area contributed by atoms with Gasteiger partial charge in [-0.05, 0) is 17.7 Å². The normalized spacial score (nSPS) is 10.4. The predicted molar refractivity (Wildman–Crippen MR) is 94.0 cm³/mol. The monoisotopic (exact) mass is 339 g/mol. The molecule has 0 saturated heterocycles. The number of hydrogen-bond acceptors (Lipinski definition) is 5. The van der Waals surface area contributed by atoms with Crippen molar-refractivity contribution in [3.63, 3.8) is 0 Å². The fraction of sp³-hybridized carbons (Fsp3) is 0.158. The van der Waals surface area contributed by atoms with Crippen LogP contribution >= 0.6 is 11.3 Å². The molecule has 3 rings (SSSR count). The maximum absolute atomic E-state index is 11.9. The molecule has 0 spiro atoms. The lowest BCUT2D eigenvalue weighted by Gasteiger charge is -2.04. The summed E-state index contributed by atoms with van der Waals surface area (Å²) < 4.78 is 10.4. The Morgan fingerprint density at radius 2 is 1.83 bits per heavy atom. The molecule has 4 nitrogen and oxygen atoms in total. The lowest BCUT2D eigenvalue weighted by atomic mass is 10.1. The van der Waals surface area contributed by atoms with E-state index in [1.165, 1.54) is 0 Å². The Kier molecular flexibility index (Phi) is 5.23. The molecule has 0 radical (unpaired) electrons. The van der Waals surface area contributed by atoms with E-state index in [2.05, 4.69) is 4.98 Å². The van der Waals surface area contributed by atoms with Gasteiger partial charge < -0.3 is 9.47 Å². The summed E-state index contributed by atoms with van der Waals surface area (Å²) in [6, 6.07) is 17.3. The number of thiazole rings is 1. The van der Waals surface area contributed by atoms with Crippen LogP contribution < -0.4 is 4.74 Å². The first-order chi connectivity index (χ1) is 11.7. The van der Waals surface area contributed by atoms with Crippen molar-refractivity contribution in [2.24, 2.45) is 0 Å². The summed E-state index contributed by atoms with van der Waals surface area (Å²) >= 11 is 1.55. The molecule has 24 heavy (non-hydrogen) atoms. The number of ether oxygens (including phenoxy) is 2. The minimum Gasteiger partial charge on any atom is -0.497 e. The quantitative estimate of drug-likeness (QED) is 0.634. The van der Waals surface area contributed by atoms with Gasteiger partial charge in [-0.2, -0.15) is 0 Å². The highest BCUT2D eigenvalue weighted by Gasteiger charge is 2.09. The zero-order valence-electron chi connectivity index (χ0n) is 13.3. The summed E-state index contributed by atoms with van der Waals surface area (Å²) in [7, 11) is 1.61. The van der Waals surface area contributed by atoms with Crippen molar-refractivity contribution in [3.8, 4) is 16.3 Å². The lowest BCUT2D eigenvalue weighted by molar-refractivity contribution is -0.144. The third-order valence-corrected chi connectivity index (χ3v) is 4.40. The van der Waals surface area contributed by atoms with Crippen LogP contribution in [0.4, 0.5) is 0 Å². The number of methoxy groups -OCH3 is 1. The summed E-state index contributed by atoms with van der Waals surface area (Å²) in [6.07, 6.45) is 0.236. The standard InChI is InChI=1S/C19H17NO3S/c1-22-17-9-7-14(8-10-17)11-18(21)23-12-16-13-24-19(20-16)15-5-3-2-4-6-15/h2-10,13H,11-12H2,1H3. The second-order valence-corrected chi connectivity index (χ2v) is 6.05. The molecule has 0 aliphatic heterocycles. The molecule has 3 aromatic rings. The van der Waals surface area contributed by atoms with Gasteiger partial charge >= 0.3 is 5.97 Å². The molecule has 122 valence electrons. The third-order valence-electron chi connectivity index (χ3n) is 3.46. The van der Waals surface area contributed by atoms with Crippen LogP contribution in [0.1, 0.15) is 11.3 Å². The second kappa shape index (κ2) is 7.75. The fourth-order valence-corrected chi connectivity index (χ4v) is 3.01. The Hall–Kier alpha value is -2.66. The number of carbonyl (C=O) groups excluding carboxylic acids is 1. The minimum atomic E-state index is -0.269. The van der Waals surface area contributed by atoms with Gasteiger partial charge in [-0.15, -0.1) is 11.3 Å². The van der Waals surface area contributed by atoms with Gasteiger partial charge in [-0.1, -0.05) is 42.5 Å². The van der Waals surface area contributed by atoms with Crippen LogP contribution in [0.15, 0.2) is 60.0 Å². The maximum Gasteiger partial charge on any atom is 0.310 e. The first-order valence-electron chi connectivity index (χ1n) is 7.53. The summed E-state index contributed by atoms with van der Waals surface area (Å²) in [6.45, 7) is 0.193. The van der Waals surface area contributed by atoms with Crippen molar-refractivity contribution in [1.29, 1.82) is 0 Å².